The Labute approximate surface area is 56.1 Å². The average Bonchev–Trinajstić information content (AvgIpc) is 2.35. The Morgan fingerprint density at radius 3 is 2.60 bits per heavy atom. The number of nitrogens with zero attached hydrogens (tertiary/aromatic N) is 2. The Morgan fingerprint density at radius 2 is 2.40 bits per heavy atom. The zero-order chi connectivity index (χ0) is 7.61. The number of carboxylic acids is 1. The molecule has 0 saturated heterocycles. The molecule has 10 heavy (non-hydrogen) atoms. The van der Waals surface area contributed by atoms with Gasteiger partial charge in [-0.3, -0.25) is 4.79 Å². The molecule has 0 bridgehead atoms. The van der Waals surface area contributed by atoms with E-state index in [0.717, 1.165) is 6.08 Å². The van der Waals surface area contributed by atoms with Gasteiger partial charge < -0.3 is 5.11 Å². The molecule has 1 unspecified atom stereocenters. The highest BCUT2D eigenvalue weighted by Crippen LogP contribution is 2.16. The van der Waals surface area contributed by atoms with E-state index in [1.807, 2.05) is 0 Å². The number of carbonyl (C=O) groups is 2. The minimum Gasteiger partial charge on any atom is -0.479 e. The van der Waals surface area contributed by atoms with Crippen LogP contribution in [0.25, 0.3) is 0 Å². The smallest absolute Gasteiger partial charge is 0.345 e. The van der Waals surface area contributed by atoms with Crippen molar-refractivity contribution < 1.29 is 14.7 Å². The quantitative estimate of drug-likeness (QED) is 0.432. The van der Waals surface area contributed by atoms with E-state index in [2.05, 4.69) is 10.2 Å². The first-order valence-corrected chi connectivity index (χ1v) is 2.51. The van der Waals surface area contributed by atoms with Crippen molar-refractivity contribution in [1.29, 1.82) is 0 Å². The van der Waals surface area contributed by atoms with Crippen LogP contribution in [-0.4, -0.2) is 22.9 Å². The lowest BCUT2D eigenvalue weighted by atomic mass is 10.1. The Bertz CT molecular complexity index is 219. The van der Waals surface area contributed by atoms with Crippen molar-refractivity contribution in [3.05, 3.63) is 12.3 Å². The Hall–Kier alpha value is -1.52. The second kappa shape index (κ2) is 2.02. The van der Waals surface area contributed by atoms with E-state index >= 15 is 0 Å². The van der Waals surface area contributed by atoms with Crippen LogP contribution in [0, 0.1) is 0 Å². The van der Waals surface area contributed by atoms with Gasteiger partial charge in [-0.1, -0.05) is 0 Å². The van der Waals surface area contributed by atoms with Crippen molar-refractivity contribution >= 4 is 12.3 Å². The van der Waals surface area contributed by atoms with Crippen molar-refractivity contribution in [2.24, 2.45) is 10.2 Å². The fourth-order valence-corrected chi connectivity index (χ4v) is 0.536. The molecule has 1 aliphatic rings. The summed E-state index contributed by atoms with van der Waals surface area (Å²) in [6, 6.07) is 0. The maximum atomic E-state index is 10.3. The summed E-state index contributed by atoms with van der Waals surface area (Å²) in [6.07, 6.45) is 2.55. The SMILES string of the molecule is O=CC1(C(=O)O)C=CN=N1. The molecule has 1 rings (SSSR count). The molecule has 1 aliphatic heterocycles. The molecule has 0 aromatic carbocycles. The van der Waals surface area contributed by atoms with Gasteiger partial charge in [-0.05, 0) is 6.08 Å². The summed E-state index contributed by atoms with van der Waals surface area (Å²) < 4.78 is 0. The number of carbonyl (C=O) groups excluding carboxylic acids is 1. The fraction of sp³-hybridized carbons (Fsp3) is 0.200. The zero-order valence-electron chi connectivity index (χ0n) is 4.89. The molecule has 0 amide bonds. The summed E-state index contributed by atoms with van der Waals surface area (Å²) in [4.78, 5) is 20.5. The number of carboxylic acid groups (broad SMARTS) is 1. The molecule has 52 valence electrons. The van der Waals surface area contributed by atoms with Gasteiger partial charge in [0.1, 0.15) is 0 Å². The van der Waals surface area contributed by atoms with Gasteiger partial charge >= 0.3 is 5.97 Å². The normalized spacial score (nSPS) is 28.8. The topological polar surface area (TPSA) is 79.1 Å². The number of rotatable bonds is 2. The van der Waals surface area contributed by atoms with Crippen LogP contribution in [0.2, 0.25) is 0 Å². The van der Waals surface area contributed by atoms with Crippen molar-refractivity contribution in [2.45, 2.75) is 5.54 Å². The summed E-state index contributed by atoms with van der Waals surface area (Å²) >= 11 is 0. The fourth-order valence-electron chi connectivity index (χ4n) is 0.536. The molecule has 0 aromatic rings. The standard InChI is InChI=1S/C5H4N2O3/c8-3-5(4(9)10)1-2-6-7-5/h1-3H,(H,9,10). The number of azo groups is 1. The summed E-state index contributed by atoms with van der Waals surface area (Å²) in [5.74, 6) is -1.31. The molecule has 5 heteroatoms. The molecule has 0 fully saturated rings. The van der Waals surface area contributed by atoms with Crippen LogP contribution in [0.1, 0.15) is 0 Å². The molecule has 0 radical (unpaired) electrons. The number of hydrogen-bond donors (Lipinski definition) is 1. The van der Waals surface area contributed by atoms with Crippen LogP contribution in [0.4, 0.5) is 0 Å². The van der Waals surface area contributed by atoms with Gasteiger partial charge in [0.2, 0.25) is 0 Å². The van der Waals surface area contributed by atoms with Gasteiger partial charge in [-0.2, -0.15) is 10.2 Å². The largest absolute Gasteiger partial charge is 0.479 e. The third-order valence-electron chi connectivity index (χ3n) is 1.14. The third kappa shape index (κ3) is 0.717. The predicted octanol–water partition coefficient (Wildman–Crippen LogP) is -0.0118. The van der Waals surface area contributed by atoms with E-state index in [9.17, 15) is 9.59 Å². The molecule has 0 spiro atoms. The molecule has 0 aliphatic carbocycles. The average molecular weight is 140 g/mol. The second-order valence-corrected chi connectivity index (χ2v) is 1.78. The van der Waals surface area contributed by atoms with Crippen LogP contribution in [-0.2, 0) is 9.59 Å². The van der Waals surface area contributed by atoms with Gasteiger partial charge in [0.25, 0.3) is 5.54 Å². The van der Waals surface area contributed by atoms with E-state index in [1.165, 1.54) is 6.20 Å². The molecule has 1 heterocycles. The first-order valence-electron chi connectivity index (χ1n) is 2.51. The predicted molar refractivity (Wildman–Crippen MR) is 30.4 cm³/mol. The highest BCUT2D eigenvalue weighted by atomic mass is 16.4. The maximum Gasteiger partial charge on any atom is 0.345 e. The van der Waals surface area contributed by atoms with E-state index in [4.69, 9.17) is 5.11 Å². The molecule has 1 N–H and O–H groups in total. The zero-order valence-corrected chi connectivity index (χ0v) is 4.89. The second-order valence-electron chi connectivity index (χ2n) is 1.78. The lowest BCUT2D eigenvalue weighted by Crippen LogP contribution is -2.34. The van der Waals surface area contributed by atoms with Crippen molar-refractivity contribution in [3.63, 3.8) is 0 Å². The van der Waals surface area contributed by atoms with Crippen LogP contribution >= 0.6 is 0 Å². The Balaban J connectivity index is 3.01. The summed E-state index contributed by atoms with van der Waals surface area (Å²) in [7, 11) is 0. The Kier molecular flexibility index (Phi) is 1.33. The van der Waals surface area contributed by atoms with Gasteiger partial charge in [-0.25, -0.2) is 4.79 Å². The van der Waals surface area contributed by atoms with Gasteiger partial charge in [-0.15, -0.1) is 0 Å². The highest BCUT2D eigenvalue weighted by molar-refractivity contribution is 6.00. The summed E-state index contributed by atoms with van der Waals surface area (Å²) in [5, 5.41) is 14.9. The molecule has 0 aromatic heterocycles. The van der Waals surface area contributed by atoms with Crippen LogP contribution in [0.3, 0.4) is 0 Å². The Morgan fingerprint density at radius 1 is 1.70 bits per heavy atom. The van der Waals surface area contributed by atoms with E-state index in [-0.39, 0.29) is 6.29 Å². The molecule has 1 atom stereocenters. The lowest BCUT2D eigenvalue weighted by Gasteiger charge is -2.05. The van der Waals surface area contributed by atoms with Gasteiger partial charge in [0.05, 0.1) is 0 Å². The third-order valence-corrected chi connectivity index (χ3v) is 1.14. The number of aldehydes is 1. The van der Waals surface area contributed by atoms with Crippen molar-refractivity contribution in [3.8, 4) is 0 Å². The molecular weight excluding hydrogens is 136 g/mol. The molecule has 0 saturated carbocycles. The minimum atomic E-state index is -1.75. The van der Waals surface area contributed by atoms with Crippen molar-refractivity contribution in [1.82, 2.24) is 0 Å². The number of hydrogen-bond acceptors (Lipinski definition) is 4. The molecule has 5 nitrogen and oxygen atoms in total. The van der Waals surface area contributed by atoms with Gasteiger partial charge in [0.15, 0.2) is 6.29 Å². The summed E-state index contributed by atoms with van der Waals surface area (Å²) in [5.41, 5.74) is -1.75. The first kappa shape index (κ1) is 6.60. The first-order chi connectivity index (χ1) is 4.71. The van der Waals surface area contributed by atoms with Crippen LogP contribution < -0.4 is 0 Å². The van der Waals surface area contributed by atoms with E-state index in [0.29, 0.717) is 0 Å². The minimum absolute atomic E-state index is 0.238. The number of aliphatic carboxylic acids is 1. The van der Waals surface area contributed by atoms with Crippen LogP contribution in [0.5, 0.6) is 0 Å². The monoisotopic (exact) mass is 140 g/mol. The van der Waals surface area contributed by atoms with Crippen LogP contribution in [0.15, 0.2) is 22.5 Å². The molecular formula is C5H4N2O3. The lowest BCUT2D eigenvalue weighted by molar-refractivity contribution is -0.143. The summed E-state index contributed by atoms with van der Waals surface area (Å²) in [6.45, 7) is 0. The highest BCUT2D eigenvalue weighted by Gasteiger charge is 2.38. The maximum absolute atomic E-state index is 10.3. The van der Waals surface area contributed by atoms with Gasteiger partial charge in [0, 0.05) is 6.20 Å². The van der Waals surface area contributed by atoms with Crippen molar-refractivity contribution in [2.75, 3.05) is 0 Å². The van der Waals surface area contributed by atoms with E-state index in [1.54, 1.807) is 0 Å². The van der Waals surface area contributed by atoms with E-state index < -0.39 is 11.5 Å².